The van der Waals surface area contributed by atoms with Gasteiger partial charge in [0.15, 0.2) is 5.84 Å². The first-order valence-corrected chi connectivity index (χ1v) is 8.55. The normalized spacial score (nSPS) is 20.6. The van der Waals surface area contributed by atoms with E-state index in [1.807, 2.05) is 24.0 Å². The predicted molar refractivity (Wildman–Crippen MR) is 93.9 cm³/mol. The summed E-state index contributed by atoms with van der Waals surface area (Å²) in [4.78, 5) is 13.9. The topological polar surface area (TPSA) is 63.2 Å². The van der Waals surface area contributed by atoms with Crippen LogP contribution in [0.15, 0.2) is 17.2 Å². The predicted octanol–water partition coefficient (Wildman–Crippen LogP) is 3.02. The van der Waals surface area contributed by atoms with Crippen LogP contribution < -0.4 is 19.8 Å². The first-order valence-electron chi connectivity index (χ1n) is 8.55. The molecule has 1 aromatic carbocycles. The fraction of sp³-hybridized carbons (Fsp3) is 0.556. The Labute approximate surface area is 142 Å². The van der Waals surface area contributed by atoms with E-state index in [4.69, 9.17) is 9.47 Å². The molecule has 6 nitrogen and oxygen atoms in total. The van der Waals surface area contributed by atoms with E-state index in [1.165, 1.54) is 0 Å². The van der Waals surface area contributed by atoms with Gasteiger partial charge in [0.05, 0.1) is 11.8 Å². The second-order valence-corrected chi connectivity index (χ2v) is 6.69. The number of amidine groups is 1. The van der Waals surface area contributed by atoms with Gasteiger partial charge in [-0.3, -0.25) is 4.79 Å². The van der Waals surface area contributed by atoms with Crippen molar-refractivity contribution in [2.75, 3.05) is 11.5 Å². The van der Waals surface area contributed by atoms with Crippen LogP contribution >= 0.6 is 0 Å². The highest BCUT2D eigenvalue weighted by molar-refractivity contribution is 6.09. The number of hydrazone groups is 1. The van der Waals surface area contributed by atoms with E-state index in [0.29, 0.717) is 18.4 Å². The van der Waals surface area contributed by atoms with Gasteiger partial charge in [-0.05, 0) is 32.3 Å². The molecule has 6 heteroatoms. The van der Waals surface area contributed by atoms with Gasteiger partial charge in [0.2, 0.25) is 0 Å². The molecule has 0 radical (unpaired) electrons. The van der Waals surface area contributed by atoms with E-state index >= 15 is 0 Å². The van der Waals surface area contributed by atoms with Gasteiger partial charge in [-0.2, -0.15) is 5.10 Å². The molecule has 2 atom stereocenters. The monoisotopic (exact) mass is 331 g/mol. The van der Waals surface area contributed by atoms with Crippen LogP contribution in [0.1, 0.15) is 52.5 Å². The van der Waals surface area contributed by atoms with E-state index in [-0.39, 0.29) is 18.1 Å². The molecule has 0 bridgehead atoms. The highest BCUT2D eigenvalue weighted by atomic mass is 16.5. The van der Waals surface area contributed by atoms with Gasteiger partial charge in [-0.1, -0.05) is 20.8 Å². The Bertz CT molecular complexity index is 684. The van der Waals surface area contributed by atoms with Gasteiger partial charge in [0.25, 0.3) is 5.91 Å². The number of ether oxygens (including phenoxy) is 2. The largest absolute Gasteiger partial charge is 0.490 e. The Hall–Kier alpha value is -2.24. The molecule has 2 aliphatic rings. The number of carbonyl (C=O) groups is 1. The smallest absolute Gasteiger partial charge is 0.262 e. The molecule has 2 heterocycles. The maximum absolute atomic E-state index is 12.0. The van der Waals surface area contributed by atoms with Crippen LogP contribution in [-0.4, -0.2) is 30.5 Å². The molecule has 0 aromatic heterocycles. The lowest BCUT2D eigenvalue weighted by Gasteiger charge is -2.38. The SMILES string of the molecule is CCC(C)Oc1cc2c(cc1C(C)C)OCC1=NNC(=O)C(C)N12. The van der Waals surface area contributed by atoms with Crippen LogP contribution in [0.3, 0.4) is 0 Å². The number of carbonyl (C=O) groups excluding carboxylic acids is 1. The van der Waals surface area contributed by atoms with Crippen LogP contribution in [0.25, 0.3) is 0 Å². The van der Waals surface area contributed by atoms with Crippen LogP contribution in [0.2, 0.25) is 0 Å². The van der Waals surface area contributed by atoms with Gasteiger partial charge in [0, 0.05) is 11.6 Å². The van der Waals surface area contributed by atoms with E-state index in [1.54, 1.807) is 0 Å². The van der Waals surface area contributed by atoms with Gasteiger partial charge in [-0.25, -0.2) is 5.43 Å². The molecule has 130 valence electrons. The maximum Gasteiger partial charge on any atom is 0.262 e. The fourth-order valence-electron chi connectivity index (χ4n) is 2.92. The van der Waals surface area contributed by atoms with Crippen molar-refractivity contribution in [3.8, 4) is 11.5 Å². The van der Waals surface area contributed by atoms with E-state index in [0.717, 1.165) is 29.2 Å². The van der Waals surface area contributed by atoms with Crippen LogP contribution in [0, 0.1) is 0 Å². The molecule has 0 fully saturated rings. The van der Waals surface area contributed by atoms with Crippen molar-refractivity contribution >= 4 is 17.4 Å². The Balaban J connectivity index is 2.09. The molecule has 1 amide bonds. The summed E-state index contributed by atoms with van der Waals surface area (Å²) in [5, 5.41) is 4.12. The third kappa shape index (κ3) is 2.81. The number of benzene rings is 1. The van der Waals surface area contributed by atoms with E-state index < -0.39 is 0 Å². The summed E-state index contributed by atoms with van der Waals surface area (Å²) in [6.07, 6.45) is 1.06. The number of rotatable bonds is 4. The number of nitrogens with zero attached hydrogens (tertiary/aromatic N) is 2. The first-order chi connectivity index (χ1) is 11.4. The van der Waals surface area contributed by atoms with Crippen molar-refractivity contribution < 1.29 is 14.3 Å². The fourth-order valence-corrected chi connectivity index (χ4v) is 2.92. The highest BCUT2D eigenvalue weighted by Gasteiger charge is 2.36. The molecular weight excluding hydrogens is 306 g/mol. The summed E-state index contributed by atoms with van der Waals surface area (Å²) in [7, 11) is 0. The van der Waals surface area contributed by atoms with Crippen LogP contribution in [0.4, 0.5) is 5.69 Å². The molecule has 2 unspecified atom stereocenters. The molecule has 0 saturated carbocycles. The Kier molecular flexibility index (Phi) is 4.39. The minimum atomic E-state index is -0.332. The average Bonchev–Trinajstić information content (AvgIpc) is 2.56. The summed E-state index contributed by atoms with van der Waals surface area (Å²) in [6.45, 7) is 10.6. The Morgan fingerprint density at radius 2 is 2.17 bits per heavy atom. The zero-order chi connectivity index (χ0) is 17.4. The second-order valence-electron chi connectivity index (χ2n) is 6.69. The molecule has 3 rings (SSSR count). The minimum Gasteiger partial charge on any atom is -0.490 e. The quantitative estimate of drug-likeness (QED) is 0.921. The molecule has 0 aliphatic carbocycles. The molecule has 24 heavy (non-hydrogen) atoms. The number of anilines is 1. The van der Waals surface area contributed by atoms with E-state index in [2.05, 4.69) is 38.2 Å². The summed E-state index contributed by atoms with van der Waals surface area (Å²) in [6, 6.07) is 3.69. The second kappa shape index (κ2) is 6.34. The van der Waals surface area contributed by atoms with E-state index in [9.17, 15) is 4.79 Å². The number of nitrogens with one attached hydrogen (secondary N) is 1. The third-order valence-corrected chi connectivity index (χ3v) is 4.57. The van der Waals surface area contributed by atoms with Crippen molar-refractivity contribution in [2.45, 2.75) is 59.1 Å². The zero-order valence-corrected chi connectivity index (χ0v) is 14.9. The highest BCUT2D eigenvalue weighted by Crippen LogP contribution is 2.42. The van der Waals surface area contributed by atoms with Gasteiger partial charge >= 0.3 is 0 Å². The van der Waals surface area contributed by atoms with Crippen LogP contribution in [0.5, 0.6) is 11.5 Å². The summed E-state index contributed by atoms with van der Waals surface area (Å²) < 4.78 is 12.0. The Morgan fingerprint density at radius 3 is 2.83 bits per heavy atom. The molecule has 2 aliphatic heterocycles. The summed E-state index contributed by atoms with van der Waals surface area (Å²) in [5.41, 5.74) is 4.50. The maximum atomic E-state index is 12.0. The lowest BCUT2D eigenvalue weighted by Crippen LogP contribution is -2.55. The first kappa shape index (κ1) is 16.6. The number of hydrogen-bond acceptors (Lipinski definition) is 5. The van der Waals surface area contributed by atoms with Gasteiger partial charge in [0.1, 0.15) is 24.1 Å². The minimum absolute atomic E-state index is 0.121. The van der Waals surface area contributed by atoms with Crippen molar-refractivity contribution in [3.05, 3.63) is 17.7 Å². The lowest BCUT2D eigenvalue weighted by atomic mass is 9.99. The molecule has 0 spiro atoms. The molecule has 0 saturated heterocycles. The average molecular weight is 331 g/mol. The standard InChI is InChI=1S/C18H25N3O3/c1-6-11(4)24-15-8-14-16(7-13(15)10(2)3)23-9-17-19-20-18(22)12(5)21(14)17/h7-8,10-12H,6,9H2,1-5H3,(H,20,22). The van der Waals surface area contributed by atoms with Crippen molar-refractivity contribution in [1.29, 1.82) is 0 Å². The zero-order valence-electron chi connectivity index (χ0n) is 14.9. The summed E-state index contributed by atoms with van der Waals surface area (Å²) >= 11 is 0. The number of amides is 1. The molecular formula is C18H25N3O3. The lowest BCUT2D eigenvalue weighted by molar-refractivity contribution is -0.122. The van der Waals surface area contributed by atoms with Crippen molar-refractivity contribution in [3.63, 3.8) is 0 Å². The summed E-state index contributed by atoms with van der Waals surface area (Å²) in [5.74, 6) is 2.53. The van der Waals surface area contributed by atoms with Gasteiger partial charge in [-0.15, -0.1) is 0 Å². The van der Waals surface area contributed by atoms with Crippen molar-refractivity contribution in [1.82, 2.24) is 5.43 Å². The number of hydrogen-bond donors (Lipinski definition) is 1. The molecule has 1 aromatic rings. The third-order valence-electron chi connectivity index (χ3n) is 4.57. The van der Waals surface area contributed by atoms with Crippen LogP contribution in [-0.2, 0) is 4.79 Å². The van der Waals surface area contributed by atoms with Crippen molar-refractivity contribution in [2.24, 2.45) is 5.10 Å². The number of fused-ring (bicyclic) bond motifs is 3. The van der Waals surface area contributed by atoms with Gasteiger partial charge < -0.3 is 14.4 Å². The molecule has 1 N–H and O–H groups in total. The Morgan fingerprint density at radius 1 is 1.42 bits per heavy atom.